The Morgan fingerprint density at radius 3 is 3.13 bits per heavy atom. The van der Waals surface area contributed by atoms with Crippen LogP contribution in [0.3, 0.4) is 0 Å². The fourth-order valence-corrected chi connectivity index (χ4v) is 1.59. The van der Waals surface area contributed by atoms with Crippen molar-refractivity contribution >= 4 is 17.2 Å². The van der Waals surface area contributed by atoms with Crippen LogP contribution in [0.4, 0.5) is 0 Å². The van der Waals surface area contributed by atoms with E-state index in [1.54, 1.807) is 5.38 Å². The van der Waals surface area contributed by atoms with Crippen LogP contribution in [-0.4, -0.2) is 17.0 Å². The van der Waals surface area contributed by atoms with Gasteiger partial charge in [0.05, 0.1) is 18.4 Å². The van der Waals surface area contributed by atoms with E-state index in [1.807, 2.05) is 12.3 Å². The van der Waals surface area contributed by atoms with Crippen LogP contribution in [0.25, 0.3) is 0 Å². The topological polar surface area (TPSA) is 77.2 Å². The van der Waals surface area contributed by atoms with Crippen LogP contribution in [0.5, 0.6) is 0 Å². The number of nitrogens with zero attached hydrogens (tertiary/aromatic N) is 1. The Morgan fingerprint density at radius 2 is 2.53 bits per heavy atom. The van der Waals surface area contributed by atoms with Crippen LogP contribution in [0.1, 0.15) is 35.8 Å². The number of nitrogens with two attached hydrogens (primary N) is 1. The molecule has 1 amide bonds. The minimum Gasteiger partial charge on any atom is -0.372 e. The smallest absolute Gasteiger partial charge is 0.294 e. The third-order valence-electron chi connectivity index (χ3n) is 1.97. The average molecular weight is 229 g/mol. The Hall–Kier alpha value is -0.980. The molecule has 1 rings (SSSR count). The molecule has 84 valence electrons. The minimum atomic E-state index is -0.366. The molecule has 3 N–H and O–H groups in total. The van der Waals surface area contributed by atoms with Crippen molar-refractivity contribution in [2.45, 2.75) is 33.0 Å². The molecular formula is C9H15N3O2S. The molecule has 0 bridgehead atoms. The molecule has 1 aromatic heterocycles. The molecule has 0 saturated carbocycles. The van der Waals surface area contributed by atoms with E-state index in [2.05, 4.69) is 11.9 Å². The number of carbonyl (C=O) groups is 1. The molecule has 0 aromatic carbocycles. The monoisotopic (exact) mass is 229 g/mol. The SMILES string of the molecule is CCC(C)OCc1csc(C(=O)NN)n1. The van der Waals surface area contributed by atoms with E-state index in [1.165, 1.54) is 11.3 Å². The molecule has 1 aromatic rings. The van der Waals surface area contributed by atoms with Crippen LogP contribution in [-0.2, 0) is 11.3 Å². The fraction of sp³-hybridized carbons (Fsp3) is 0.556. The highest BCUT2D eigenvalue weighted by atomic mass is 32.1. The fourth-order valence-electron chi connectivity index (χ4n) is 0.885. The van der Waals surface area contributed by atoms with Crippen molar-refractivity contribution in [1.29, 1.82) is 0 Å². The number of ether oxygens (including phenoxy) is 1. The lowest BCUT2D eigenvalue weighted by atomic mass is 10.3. The van der Waals surface area contributed by atoms with Gasteiger partial charge in [-0.15, -0.1) is 11.3 Å². The summed E-state index contributed by atoms with van der Waals surface area (Å²) < 4.78 is 5.49. The standard InChI is InChI=1S/C9H15N3O2S/c1-3-6(2)14-4-7-5-15-9(11-7)8(13)12-10/h5-6H,3-4,10H2,1-2H3,(H,12,13). The number of hydrazine groups is 1. The number of rotatable bonds is 5. The number of hydrogen-bond acceptors (Lipinski definition) is 5. The molecule has 0 aliphatic heterocycles. The maximum atomic E-state index is 11.1. The lowest BCUT2D eigenvalue weighted by Gasteiger charge is -2.08. The van der Waals surface area contributed by atoms with Crippen molar-refractivity contribution < 1.29 is 9.53 Å². The zero-order valence-electron chi connectivity index (χ0n) is 8.82. The number of carbonyl (C=O) groups excluding carboxylic acids is 1. The van der Waals surface area contributed by atoms with Gasteiger partial charge in [0.25, 0.3) is 5.91 Å². The maximum Gasteiger partial charge on any atom is 0.294 e. The summed E-state index contributed by atoms with van der Waals surface area (Å²) in [4.78, 5) is 15.2. The van der Waals surface area contributed by atoms with E-state index in [9.17, 15) is 4.79 Å². The van der Waals surface area contributed by atoms with Gasteiger partial charge in [0.15, 0.2) is 5.01 Å². The summed E-state index contributed by atoms with van der Waals surface area (Å²) >= 11 is 1.26. The van der Waals surface area contributed by atoms with Crippen molar-refractivity contribution in [3.05, 3.63) is 16.1 Å². The van der Waals surface area contributed by atoms with Crippen LogP contribution < -0.4 is 11.3 Å². The van der Waals surface area contributed by atoms with Crippen molar-refractivity contribution in [3.8, 4) is 0 Å². The molecule has 1 heterocycles. The first kappa shape index (κ1) is 12.1. The summed E-state index contributed by atoms with van der Waals surface area (Å²) in [6.45, 7) is 4.49. The zero-order chi connectivity index (χ0) is 11.3. The lowest BCUT2D eigenvalue weighted by Crippen LogP contribution is -2.29. The molecule has 1 atom stereocenters. The van der Waals surface area contributed by atoms with Crippen LogP contribution in [0.15, 0.2) is 5.38 Å². The molecule has 0 saturated heterocycles. The van der Waals surface area contributed by atoms with Crippen molar-refractivity contribution in [1.82, 2.24) is 10.4 Å². The molecule has 6 heteroatoms. The van der Waals surface area contributed by atoms with Gasteiger partial charge in [-0.3, -0.25) is 10.2 Å². The van der Waals surface area contributed by atoms with Gasteiger partial charge in [-0.05, 0) is 13.3 Å². The second-order valence-corrected chi connectivity index (χ2v) is 4.01. The summed E-state index contributed by atoms with van der Waals surface area (Å²) in [6.07, 6.45) is 1.17. The maximum absolute atomic E-state index is 11.1. The van der Waals surface area contributed by atoms with Crippen LogP contribution in [0.2, 0.25) is 0 Å². The van der Waals surface area contributed by atoms with Gasteiger partial charge in [-0.25, -0.2) is 10.8 Å². The lowest BCUT2D eigenvalue weighted by molar-refractivity contribution is 0.0491. The molecular weight excluding hydrogens is 214 g/mol. The first-order valence-electron chi connectivity index (χ1n) is 4.74. The van der Waals surface area contributed by atoms with Gasteiger partial charge in [-0.1, -0.05) is 6.92 Å². The number of nitrogens with one attached hydrogen (secondary N) is 1. The average Bonchev–Trinajstić information content (AvgIpc) is 2.73. The summed E-state index contributed by atoms with van der Waals surface area (Å²) in [5, 5.41) is 2.16. The third kappa shape index (κ3) is 3.58. The van der Waals surface area contributed by atoms with Crippen LogP contribution in [0, 0.1) is 0 Å². The molecule has 5 nitrogen and oxygen atoms in total. The van der Waals surface area contributed by atoms with E-state index >= 15 is 0 Å². The van der Waals surface area contributed by atoms with E-state index in [0.717, 1.165) is 12.1 Å². The van der Waals surface area contributed by atoms with Crippen molar-refractivity contribution in [2.24, 2.45) is 5.84 Å². The Labute approximate surface area is 92.6 Å². The molecule has 15 heavy (non-hydrogen) atoms. The molecule has 1 unspecified atom stereocenters. The summed E-state index contributed by atoms with van der Waals surface area (Å²) in [5.41, 5.74) is 2.80. The minimum absolute atomic E-state index is 0.207. The summed E-state index contributed by atoms with van der Waals surface area (Å²) in [7, 11) is 0. The second-order valence-electron chi connectivity index (χ2n) is 3.15. The molecule has 0 spiro atoms. The van der Waals surface area contributed by atoms with Crippen LogP contribution >= 0.6 is 11.3 Å². The number of nitrogen functional groups attached to an aromatic ring is 1. The molecule has 0 aliphatic rings. The molecule has 0 radical (unpaired) electrons. The van der Waals surface area contributed by atoms with Crippen molar-refractivity contribution in [2.75, 3.05) is 0 Å². The van der Waals surface area contributed by atoms with Crippen molar-refractivity contribution in [3.63, 3.8) is 0 Å². The van der Waals surface area contributed by atoms with Gasteiger partial charge in [0, 0.05) is 5.38 Å². The van der Waals surface area contributed by atoms with Gasteiger partial charge in [-0.2, -0.15) is 0 Å². The Kier molecular flexibility index (Phi) is 4.67. The Bertz CT molecular complexity index is 327. The van der Waals surface area contributed by atoms with E-state index in [-0.39, 0.29) is 12.0 Å². The van der Waals surface area contributed by atoms with E-state index in [0.29, 0.717) is 11.6 Å². The second kappa shape index (κ2) is 5.79. The summed E-state index contributed by atoms with van der Waals surface area (Å²) in [5.74, 6) is 4.63. The van der Waals surface area contributed by atoms with E-state index < -0.39 is 0 Å². The van der Waals surface area contributed by atoms with E-state index in [4.69, 9.17) is 10.6 Å². The first-order chi connectivity index (χ1) is 7.17. The highest BCUT2D eigenvalue weighted by Crippen LogP contribution is 2.11. The van der Waals surface area contributed by atoms with Gasteiger partial charge < -0.3 is 4.74 Å². The number of amides is 1. The predicted octanol–water partition coefficient (Wildman–Crippen LogP) is 1.06. The quantitative estimate of drug-likeness (QED) is 0.449. The number of thiazole rings is 1. The predicted molar refractivity (Wildman–Crippen MR) is 58.3 cm³/mol. The van der Waals surface area contributed by atoms with Gasteiger partial charge >= 0.3 is 0 Å². The number of hydrogen-bond donors (Lipinski definition) is 2. The summed E-state index contributed by atoms with van der Waals surface area (Å²) in [6, 6.07) is 0. The zero-order valence-corrected chi connectivity index (χ0v) is 9.63. The molecule has 0 aliphatic carbocycles. The largest absolute Gasteiger partial charge is 0.372 e. The Balaban J connectivity index is 2.49. The highest BCUT2D eigenvalue weighted by Gasteiger charge is 2.09. The normalized spacial score (nSPS) is 12.5. The Morgan fingerprint density at radius 1 is 1.80 bits per heavy atom. The van der Waals surface area contributed by atoms with Gasteiger partial charge in [0.1, 0.15) is 0 Å². The highest BCUT2D eigenvalue weighted by molar-refractivity contribution is 7.11. The third-order valence-corrected chi connectivity index (χ3v) is 2.86. The van der Waals surface area contributed by atoms with Gasteiger partial charge in [0.2, 0.25) is 0 Å². The first-order valence-corrected chi connectivity index (χ1v) is 5.62. The number of aromatic nitrogens is 1. The molecule has 0 fully saturated rings.